The van der Waals surface area contributed by atoms with Crippen LogP contribution >= 0.6 is 0 Å². The van der Waals surface area contributed by atoms with Gasteiger partial charge in [0.2, 0.25) is 0 Å². The van der Waals surface area contributed by atoms with Gasteiger partial charge in [-0.1, -0.05) is 53.7 Å². The monoisotopic (exact) mass is 248 g/mol. The van der Waals surface area contributed by atoms with Crippen molar-refractivity contribution in [1.29, 1.82) is 0 Å². The maximum absolute atomic E-state index is 5.22. The lowest BCUT2D eigenvalue weighted by Gasteiger charge is -2.38. The van der Waals surface area contributed by atoms with Gasteiger partial charge < -0.3 is 4.74 Å². The minimum Gasteiger partial charge on any atom is -0.497 e. The summed E-state index contributed by atoms with van der Waals surface area (Å²) in [4.78, 5) is 0. The maximum Gasteiger partial charge on any atom is 0.118 e. The lowest BCUT2D eigenvalue weighted by atomic mass is 9.67. The summed E-state index contributed by atoms with van der Waals surface area (Å²) in [5, 5.41) is 0. The van der Waals surface area contributed by atoms with Crippen LogP contribution in [0.4, 0.5) is 0 Å². The smallest absolute Gasteiger partial charge is 0.118 e. The molecule has 0 saturated heterocycles. The van der Waals surface area contributed by atoms with Crippen LogP contribution in [0.15, 0.2) is 24.3 Å². The van der Waals surface area contributed by atoms with E-state index in [-0.39, 0.29) is 5.41 Å². The molecule has 0 radical (unpaired) electrons. The summed E-state index contributed by atoms with van der Waals surface area (Å²) < 4.78 is 5.22. The minimum atomic E-state index is 0.194. The molecule has 0 unspecified atom stereocenters. The number of ether oxygens (including phenoxy) is 1. The minimum absolute atomic E-state index is 0.194. The fraction of sp³-hybridized carbons (Fsp3) is 0.647. The molecule has 0 spiro atoms. The quantitative estimate of drug-likeness (QED) is 0.709. The molecule has 1 heteroatoms. The van der Waals surface area contributed by atoms with Gasteiger partial charge in [-0.3, -0.25) is 0 Å². The Morgan fingerprint density at radius 1 is 1.00 bits per heavy atom. The topological polar surface area (TPSA) is 9.23 Å². The molecule has 0 aliphatic carbocycles. The molecular weight excluding hydrogens is 220 g/mol. The van der Waals surface area contributed by atoms with Crippen LogP contribution in [0.25, 0.3) is 0 Å². The summed E-state index contributed by atoms with van der Waals surface area (Å²) in [6, 6.07) is 8.49. The van der Waals surface area contributed by atoms with Crippen LogP contribution in [0.2, 0.25) is 0 Å². The largest absolute Gasteiger partial charge is 0.497 e. The first-order chi connectivity index (χ1) is 8.19. The highest BCUT2D eigenvalue weighted by atomic mass is 16.5. The molecule has 1 aromatic carbocycles. The summed E-state index contributed by atoms with van der Waals surface area (Å²) in [6.07, 6.45) is 1.18. The van der Waals surface area contributed by atoms with Gasteiger partial charge in [0, 0.05) is 0 Å². The molecule has 18 heavy (non-hydrogen) atoms. The van der Waals surface area contributed by atoms with Gasteiger partial charge in [-0.25, -0.2) is 0 Å². The second-order valence-electron chi connectivity index (χ2n) is 6.93. The van der Waals surface area contributed by atoms with Crippen molar-refractivity contribution in [2.45, 2.75) is 53.4 Å². The third-order valence-corrected chi connectivity index (χ3v) is 4.33. The van der Waals surface area contributed by atoms with Crippen molar-refractivity contribution < 1.29 is 4.74 Å². The molecule has 102 valence electrons. The van der Waals surface area contributed by atoms with Crippen LogP contribution in [0.5, 0.6) is 5.75 Å². The molecule has 0 fully saturated rings. The first kappa shape index (κ1) is 15.1. The standard InChI is InChI=1S/C17H28O/c1-13(2)16(3,4)12-17(5,6)14-8-10-15(18-7)11-9-14/h8-11,13H,12H2,1-7H3. The zero-order chi connectivity index (χ0) is 14.0. The van der Waals surface area contributed by atoms with Crippen molar-refractivity contribution in [3.63, 3.8) is 0 Å². The molecule has 0 N–H and O–H groups in total. The van der Waals surface area contributed by atoms with Gasteiger partial charge >= 0.3 is 0 Å². The Labute approximate surface area is 113 Å². The average molecular weight is 248 g/mol. The molecule has 0 saturated carbocycles. The van der Waals surface area contributed by atoms with Crippen LogP contribution in [-0.2, 0) is 5.41 Å². The van der Waals surface area contributed by atoms with E-state index in [4.69, 9.17) is 4.74 Å². The Balaban J connectivity index is 2.91. The molecule has 0 heterocycles. The van der Waals surface area contributed by atoms with Gasteiger partial charge in [0.05, 0.1) is 7.11 Å². The zero-order valence-corrected chi connectivity index (χ0v) is 13.0. The summed E-state index contributed by atoms with van der Waals surface area (Å²) in [5.41, 5.74) is 1.93. The maximum atomic E-state index is 5.22. The van der Waals surface area contributed by atoms with Crippen molar-refractivity contribution >= 4 is 0 Å². The predicted octanol–water partition coefficient (Wildman–Crippen LogP) is 5.05. The summed E-state index contributed by atoms with van der Waals surface area (Å²) >= 11 is 0. The van der Waals surface area contributed by atoms with Gasteiger partial charge in [0.1, 0.15) is 5.75 Å². The highest BCUT2D eigenvalue weighted by Gasteiger charge is 2.32. The molecule has 0 aliphatic rings. The highest BCUT2D eigenvalue weighted by Crippen LogP contribution is 2.41. The number of methoxy groups -OCH3 is 1. The molecule has 0 bridgehead atoms. The van der Waals surface area contributed by atoms with Gasteiger partial charge in [-0.15, -0.1) is 0 Å². The van der Waals surface area contributed by atoms with E-state index in [1.165, 1.54) is 12.0 Å². The number of rotatable bonds is 5. The van der Waals surface area contributed by atoms with E-state index in [2.05, 4.69) is 65.8 Å². The van der Waals surface area contributed by atoms with Crippen LogP contribution in [-0.4, -0.2) is 7.11 Å². The Kier molecular flexibility index (Phi) is 4.47. The van der Waals surface area contributed by atoms with E-state index in [1.54, 1.807) is 7.11 Å². The summed E-state index contributed by atoms with van der Waals surface area (Å²) in [7, 11) is 1.71. The fourth-order valence-corrected chi connectivity index (χ4v) is 2.49. The normalized spacial score (nSPS) is 12.9. The zero-order valence-electron chi connectivity index (χ0n) is 13.0. The van der Waals surface area contributed by atoms with Crippen molar-refractivity contribution in [3.8, 4) is 5.75 Å². The molecule has 0 amide bonds. The second-order valence-corrected chi connectivity index (χ2v) is 6.93. The molecule has 0 aliphatic heterocycles. The van der Waals surface area contributed by atoms with Crippen LogP contribution < -0.4 is 4.74 Å². The number of benzene rings is 1. The molecule has 1 aromatic rings. The third-order valence-electron chi connectivity index (χ3n) is 4.33. The molecular formula is C17H28O. The fourth-order valence-electron chi connectivity index (χ4n) is 2.49. The number of hydrogen-bond donors (Lipinski definition) is 0. The Bertz CT molecular complexity index is 371. The molecule has 0 aromatic heterocycles. The van der Waals surface area contributed by atoms with Gasteiger partial charge in [0.25, 0.3) is 0 Å². The van der Waals surface area contributed by atoms with E-state index in [9.17, 15) is 0 Å². The third kappa shape index (κ3) is 3.51. The van der Waals surface area contributed by atoms with Crippen molar-refractivity contribution in [3.05, 3.63) is 29.8 Å². The van der Waals surface area contributed by atoms with Gasteiger partial charge in [-0.2, -0.15) is 0 Å². The van der Waals surface area contributed by atoms with E-state index in [0.29, 0.717) is 11.3 Å². The van der Waals surface area contributed by atoms with Crippen molar-refractivity contribution in [1.82, 2.24) is 0 Å². The number of hydrogen-bond acceptors (Lipinski definition) is 1. The van der Waals surface area contributed by atoms with Gasteiger partial charge in [0.15, 0.2) is 0 Å². The van der Waals surface area contributed by atoms with Crippen LogP contribution in [0.3, 0.4) is 0 Å². The molecule has 0 atom stereocenters. The summed E-state index contributed by atoms with van der Waals surface area (Å²) in [5.74, 6) is 1.62. The Morgan fingerprint density at radius 3 is 1.89 bits per heavy atom. The van der Waals surface area contributed by atoms with E-state index in [0.717, 1.165) is 5.75 Å². The van der Waals surface area contributed by atoms with Crippen LogP contribution in [0, 0.1) is 11.3 Å². The first-order valence-corrected chi connectivity index (χ1v) is 6.83. The molecule has 1 nitrogen and oxygen atoms in total. The molecule has 1 rings (SSSR count). The van der Waals surface area contributed by atoms with Crippen molar-refractivity contribution in [2.24, 2.45) is 11.3 Å². The Hall–Kier alpha value is -0.980. The van der Waals surface area contributed by atoms with E-state index in [1.807, 2.05) is 0 Å². The average Bonchev–Trinajstić information content (AvgIpc) is 2.27. The van der Waals surface area contributed by atoms with Gasteiger partial charge in [-0.05, 0) is 40.9 Å². The van der Waals surface area contributed by atoms with E-state index < -0.39 is 0 Å². The summed E-state index contributed by atoms with van der Waals surface area (Å²) in [6.45, 7) is 14.0. The first-order valence-electron chi connectivity index (χ1n) is 6.83. The predicted molar refractivity (Wildman–Crippen MR) is 79.3 cm³/mol. The van der Waals surface area contributed by atoms with Crippen molar-refractivity contribution in [2.75, 3.05) is 7.11 Å². The van der Waals surface area contributed by atoms with E-state index >= 15 is 0 Å². The highest BCUT2D eigenvalue weighted by molar-refractivity contribution is 5.31. The second kappa shape index (κ2) is 5.34. The Morgan fingerprint density at radius 2 is 1.50 bits per heavy atom. The van der Waals surface area contributed by atoms with Crippen LogP contribution in [0.1, 0.15) is 53.5 Å². The SMILES string of the molecule is COc1ccc(C(C)(C)CC(C)(C)C(C)C)cc1. The lowest BCUT2D eigenvalue weighted by Crippen LogP contribution is -2.30. The lowest BCUT2D eigenvalue weighted by molar-refractivity contribution is 0.181.